The number of benzene rings is 3. The highest BCUT2D eigenvalue weighted by molar-refractivity contribution is 5.93. The van der Waals surface area contributed by atoms with Crippen LogP contribution >= 0.6 is 0 Å². The molecule has 5 rings (SSSR count). The molecule has 12 nitrogen and oxygen atoms in total. The number of aromatic nitrogens is 2. The van der Waals surface area contributed by atoms with Crippen molar-refractivity contribution in [2.45, 2.75) is 37.4 Å². The van der Waals surface area contributed by atoms with Gasteiger partial charge in [-0.25, -0.2) is 4.79 Å². The molecule has 0 saturated heterocycles. The predicted molar refractivity (Wildman–Crippen MR) is 168 cm³/mol. The molecule has 3 unspecified atom stereocenters. The number of rotatable bonds is 13. The highest BCUT2D eigenvalue weighted by Crippen LogP contribution is 2.20. The number of phenols is 1. The lowest BCUT2D eigenvalue weighted by Gasteiger charge is -2.22. The number of carboxylic acids is 1. The van der Waals surface area contributed by atoms with Crippen molar-refractivity contribution in [2.24, 2.45) is 5.73 Å². The minimum atomic E-state index is -1.28. The highest BCUT2D eigenvalue weighted by atomic mass is 16.4. The van der Waals surface area contributed by atoms with E-state index in [1.165, 1.54) is 12.1 Å². The van der Waals surface area contributed by atoms with Crippen LogP contribution in [0.15, 0.2) is 85.2 Å². The first-order chi connectivity index (χ1) is 21.7. The van der Waals surface area contributed by atoms with Crippen molar-refractivity contribution >= 4 is 45.5 Å². The number of H-pyrrole nitrogens is 2. The fraction of sp³-hybridized carbons (Fsp3) is 0.212. The molecule has 232 valence electrons. The number of carbonyl (C=O) groups is 4. The third kappa shape index (κ3) is 7.67. The van der Waals surface area contributed by atoms with Crippen molar-refractivity contribution in [2.75, 3.05) is 6.54 Å². The van der Waals surface area contributed by atoms with E-state index in [2.05, 4.69) is 25.9 Å². The summed E-state index contributed by atoms with van der Waals surface area (Å²) < 4.78 is 0. The molecule has 3 atom stereocenters. The SMILES string of the molecule is NC(Cc1c[nH]c2ccccc12)C(=O)NCC(=O)NC(Cc1ccc(O)cc1)C(=O)NC(Cc1c[nH]c2ccccc12)C(=O)O. The highest BCUT2D eigenvalue weighted by Gasteiger charge is 2.28. The number of carboxylic acid groups (broad SMARTS) is 1. The molecule has 3 aromatic carbocycles. The summed E-state index contributed by atoms with van der Waals surface area (Å²) in [6.45, 7) is -0.447. The number of hydrogen-bond donors (Lipinski definition) is 8. The molecular weight excluding hydrogens is 576 g/mol. The van der Waals surface area contributed by atoms with Gasteiger partial charge in [0.1, 0.15) is 17.8 Å². The molecule has 0 saturated carbocycles. The Kier molecular flexibility index (Phi) is 9.44. The number of aromatic hydroxyl groups is 1. The summed E-state index contributed by atoms with van der Waals surface area (Å²) in [7, 11) is 0. The zero-order valence-corrected chi connectivity index (χ0v) is 24.2. The molecule has 3 amide bonds. The number of nitrogens with one attached hydrogen (secondary N) is 5. The Morgan fingerprint density at radius 3 is 1.89 bits per heavy atom. The molecule has 0 aliphatic carbocycles. The van der Waals surface area contributed by atoms with Gasteiger partial charge in [0.05, 0.1) is 12.6 Å². The van der Waals surface area contributed by atoms with Crippen LogP contribution in [-0.2, 0) is 38.4 Å². The van der Waals surface area contributed by atoms with E-state index in [1.807, 2.05) is 48.5 Å². The standard InChI is InChI=1S/C33H34N6O6/c34-25(14-20-16-35-26-7-3-1-5-23(20)26)31(42)37-18-30(41)38-28(13-19-9-11-22(40)12-10-19)32(43)39-29(33(44)45)15-21-17-36-27-8-4-2-6-24(21)27/h1-12,16-17,25,28-29,35-36,40H,13-15,18,34H2,(H,37,42)(H,38,41)(H,39,43)(H,44,45). The van der Waals surface area contributed by atoms with Crippen molar-refractivity contribution in [1.82, 2.24) is 25.9 Å². The zero-order chi connectivity index (χ0) is 31.9. The molecule has 0 fully saturated rings. The Morgan fingerprint density at radius 1 is 0.711 bits per heavy atom. The van der Waals surface area contributed by atoms with E-state index < -0.39 is 48.4 Å². The maximum Gasteiger partial charge on any atom is 0.326 e. The van der Waals surface area contributed by atoms with Gasteiger partial charge in [-0.15, -0.1) is 0 Å². The van der Waals surface area contributed by atoms with E-state index in [0.29, 0.717) is 11.1 Å². The average Bonchev–Trinajstić information content (AvgIpc) is 3.64. The van der Waals surface area contributed by atoms with Crippen LogP contribution in [0.25, 0.3) is 21.8 Å². The third-order valence-electron chi connectivity index (χ3n) is 7.62. The van der Waals surface area contributed by atoms with Crippen LogP contribution in [0.5, 0.6) is 5.75 Å². The van der Waals surface area contributed by atoms with Crippen molar-refractivity contribution in [3.8, 4) is 5.75 Å². The van der Waals surface area contributed by atoms with Crippen LogP contribution < -0.4 is 21.7 Å². The minimum Gasteiger partial charge on any atom is -0.508 e. The molecule has 0 radical (unpaired) electrons. The van der Waals surface area contributed by atoms with Gasteiger partial charge in [-0.1, -0.05) is 48.5 Å². The number of hydrogen-bond acceptors (Lipinski definition) is 6. The van der Waals surface area contributed by atoms with Crippen molar-refractivity contribution in [3.05, 3.63) is 102 Å². The monoisotopic (exact) mass is 610 g/mol. The van der Waals surface area contributed by atoms with Gasteiger partial charge in [-0.05, 0) is 47.4 Å². The summed E-state index contributed by atoms with van der Waals surface area (Å²) in [4.78, 5) is 57.5. The van der Waals surface area contributed by atoms with Gasteiger partial charge in [0, 0.05) is 47.0 Å². The lowest BCUT2D eigenvalue weighted by atomic mass is 10.0. The average molecular weight is 611 g/mol. The molecule has 0 spiro atoms. The van der Waals surface area contributed by atoms with E-state index >= 15 is 0 Å². The molecule has 2 heterocycles. The molecule has 5 aromatic rings. The number of aliphatic carboxylic acids is 1. The van der Waals surface area contributed by atoms with Gasteiger partial charge < -0.3 is 41.9 Å². The summed E-state index contributed by atoms with van der Waals surface area (Å²) in [5.74, 6) is -3.13. The van der Waals surface area contributed by atoms with Gasteiger partial charge in [0.2, 0.25) is 17.7 Å². The summed E-state index contributed by atoms with van der Waals surface area (Å²) in [5, 5.41) is 29.0. The first-order valence-electron chi connectivity index (χ1n) is 14.4. The number of fused-ring (bicyclic) bond motifs is 2. The molecule has 9 N–H and O–H groups in total. The number of para-hydroxylation sites is 2. The van der Waals surface area contributed by atoms with Crippen molar-refractivity contribution < 1.29 is 29.4 Å². The predicted octanol–water partition coefficient (Wildman–Crippen LogP) is 1.88. The Morgan fingerprint density at radius 2 is 1.29 bits per heavy atom. The number of phenolic OH excluding ortho intramolecular Hbond substituents is 1. The fourth-order valence-electron chi connectivity index (χ4n) is 5.24. The quantitative estimate of drug-likeness (QED) is 0.0994. The van der Waals surface area contributed by atoms with Crippen LogP contribution in [0.2, 0.25) is 0 Å². The van der Waals surface area contributed by atoms with Crippen LogP contribution in [-0.4, -0.2) is 68.5 Å². The van der Waals surface area contributed by atoms with Crippen LogP contribution in [0.4, 0.5) is 0 Å². The van der Waals surface area contributed by atoms with E-state index in [4.69, 9.17) is 5.73 Å². The maximum absolute atomic E-state index is 13.4. The second kappa shape index (κ2) is 13.8. The van der Waals surface area contributed by atoms with Gasteiger partial charge in [-0.2, -0.15) is 0 Å². The normalized spacial score (nSPS) is 13.2. The third-order valence-corrected chi connectivity index (χ3v) is 7.62. The van der Waals surface area contributed by atoms with Crippen LogP contribution in [0.3, 0.4) is 0 Å². The molecular formula is C33H34N6O6. The van der Waals surface area contributed by atoms with Crippen molar-refractivity contribution in [3.63, 3.8) is 0 Å². The van der Waals surface area contributed by atoms with Gasteiger partial charge in [-0.3, -0.25) is 14.4 Å². The Labute approximate surface area is 258 Å². The summed E-state index contributed by atoms with van der Waals surface area (Å²) in [6.07, 6.45) is 3.76. The largest absolute Gasteiger partial charge is 0.508 e. The van der Waals surface area contributed by atoms with E-state index in [9.17, 15) is 29.4 Å². The molecule has 45 heavy (non-hydrogen) atoms. The lowest BCUT2D eigenvalue weighted by Crippen LogP contribution is -2.55. The Bertz CT molecular complexity index is 1830. The van der Waals surface area contributed by atoms with Crippen LogP contribution in [0.1, 0.15) is 16.7 Å². The summed E-state index contributed by atoms with van der Waals surface area (Å²) in [5.41, 5.74) is 10.1. The number of nitrogens with two attached hydrogens (primary N) is 1. The van der Waals surface area contributed by atoms with E-state index in [1.54, 1.807) is 24.5 Å². The first kappa shape index (κ1) is 30.8. The van der Waals surface area contributed by atoms with E-state index in [0.717, 1.165) is 27.4 Å². The lowest BCUT2D eigenvalue weighted by molar-refractivity contribution is -0.142. The maximum atomic E-state index is 13.4. The molecule has 0 bridgehead atoms. The zero-order valence-electron chi connectivity index (χ0n) is 24.2. The molecule has 0 aliphatic heterocycles. The summed E-state index contributed by atoms with van der Waals surface area (Å²) in [6, 6.07) is 17.7. The van der Waals surface area contributed by atoms with Gasteiger partial charge in [0.15, 0.2) is 0 Å². The number of amides is 3. The Balaban J connectivity index is 1.23. The topological polar surface area (TPSA) is 202 Å². The van der Waals surface area contributed by atoms with E-state index in [-0.39, 0.29) is 25.0 Å². The van der Waals surface area contributed by atoms with Gasteiger partial charge >= 0.3 is 5.97 Å². The number of aromatic amines is 2. The van der Waals surface area contributed by atoms with Crippen molar-refractivity contribution in [1.29, 1.82) is 0 Å². The van der Waals surface area contributed by atoms with Crippen LogP contribution in [0, 0.1) is 0 Å². The summed E-state index contributed by atoms with van der Waals surface area (Å²) >= 11 is 0. The number of carbonyl (C=O) groups excluding carboxylic acids is 3. The smallest absolute Gasteiger partial charge is 0.326 e. The molecule has 2 aromatic heterocycles. The Hall–Kier alpha value is -5.62. The fourth-order valence-corrected chi connectivity index (χ4v) is 5.24. The second-order valence-electron chi connectivity index (χ2n) is 10.8. The molecule has 0 aliphatic rings. The minimum absolute atomic E-state index is 0.00526. The molecule has 12 heteroatoms. The van der Waals surface area contributed by atoms with Gasteiger partial charge in [0.25, 0.3) is 0 Å². The first-order valence-corrected chi connectivity index (χ1v) is 14.4. The second-order valence-corrected chi connectivity index (χ2v) is 10.8.